The van der Waals surface area contributed by atoms with Crippen LogP contribution in [0.15, 0.2) is 24.3 Å². The molecule has 140 valence electrons. The molecule has 1 aromatic carbocycles. The number of hydrogen-bond donors (Lipinski definition) is 2. The van der Waals surface area contributed by atoms with Gasteiger partial charge in [0.1, 0.15) is 6.54 Å². The lowest BCUT2D eigenvalue weighted by molar-refractivity contribution is -0.908. The van der Waals surface area contributed by atoms with Crippen molar-refractivity contribution in [1.82, 2.24) is 5.32 Å². The zero-order valence-electron chi connectivity index (χ0n) is 16.0. The van der Waals surface area contributed by atoms with Crippen LogP contribution in [0.25, 0.3) is 0 Å². The summed E-state index contributed by atoms with van der Waals surface area (Å²) in [4.78, 5) is 14.1. The summed E-state index contributed by atoms with van der Waals surface area (Å²) in [7, 11) is 5.28. The standard InChI is InChI=1S/C20H32N2O3/c1-15-10-12-16(13-11-15)19(22(2)14-18(24-3)25-4)20(23)21-17-8-6-5-7-9-17/h10-13,17-19H,5-9,14H2,1-4H3,(H,21,23)/p+1. The average Bonchev–Trinajstić information content (AvgIpc) is 2.62. The van der Waals surface area contributed by atoms with Crippen LogP contribution in [0.4, 0.5) is 0 Å². The molecule has 2 unspecified atom stereocenters. The number of likely N-dealkylation sites (N-methyl/N-ethyl adjacent to an activating group) is 1. The second kappa shape index (κ2) is 9.90. The first-order chi connectivity index (χ1) is 12.0. The van der Waals surface area contributed by atoms with Gasteiger partial charge in [0.2, 0.25) is 6.29 Å². The fraction of sp³-hybridized carbons (Fsp3) is 0.650. The third kappa shape index (κ3) is 5.80. The zero-order chi connectivity index (χ0) is 18.2. The van der Waals surface area contributed by atoms with Gasteiger partial charge in [-0.1, -0.05) is 49.1 Å². The minimum Gasteiger partial charge on any atom is -0.351 e. The van der Waals surface area contributed by atoms with E-state index < -0.39 is 0 Å². The van der Waals surface area contributed by atoms with Crippen LogP contribution in [0.2, 0.25) is 0 Å². The monoisotopic (exact) mass is 349 g/mol. The highest BCUT2D eigenvalue weighted by Crippen LogP contribution is 2.19. The number of carbonyl (C=O) groups excluding carboxylic acids is 1. The predicted molar refractivity (Wildman–Crippen MR) is 98.5 cm³/mol. The van der Waals surface area contributed by atoms with Crippen molar-refractivity contribution in [2.75, 3.05) is 27.8 Å². The van der Waals surface area contributed by atoms with E-state index in [1.807, 2.05) is 7.05 Å². The summed E-state index contributed by atoms with van der Waals surface area (Å²) in [6.07, 6.45) is 5.54. The molecule has 1 aromatic rings. The second-order valence-corrected chi connectivity index (χ2v) is 7.14. The van der Waals surface area contributed by atoms with E-state index in [1.165, 1.54) is 24.8 Å². The Labute approximate surface area is 151 Å². The van der Waals surface area contributed by atoms with Gasteiger partial charge in [-0.3, -0.25) is 4.79 Å². The number of hydrogen-bond acceptors (Lipinski definition) is 3. The van der Waals surface area contributed by atoms with Crippen molar-refractivity contribution in [3.8, 4) is 0 Å². The largest absolute Gasteiger partial charge is 0.351 e. The normalized spacial score (nSPS) is 18.1. The van der Waals surface area contributed by atoms with Gasteiger partial charge < -0.3 is 19.7 Å². The van der Waals surface area contributed by atoms with E-state index in [9.17, 15) is 4.79 Å². The molecule has 5 nitrogen and oxygen atoms in total. The fourth-order valence-electron chi connectivity index (χ4n) is 3.59. The first kappa shape index (κ1) is 19.9. The minimum atomic E-state index is -0.324. The first-order valence-electron chi connectivity index (χ1n) is 9.30. The van der Waals surface area contributed by atoms with Crippen molar-refractivity contribution < 1.29 is 19.2 Å². The Bertz CT molecular complexity index is 522. The lowest BCUT2D eigenvalue weighted by Crippen LogP contribution is -3.11. The van der Waals surface area contributed by atoms with Gasteiger partial charge in [0.25, 0.3) is 5.91 Å². The number of methoxy groups -OCH3 is 2. The van der Waals surface area contributed by atoms with Crippen LogP contribution in [0.3, 0.4) is 0 Å². The van der Waals surface area contributed by atoms with Crippen molar-refractivity contribution in [1.29, 1.82) is 0 Å². The highest BCUT2D eigenvalue weighted by atomic mass is 16.7. The Hall–Kier alpha value is -1.43. The Morgan fingerprint density at radius 1 is 1.16 bits per heavy atom. The van der Waals surface area contributed by atoms with Crippen molar-refractivity contribution in [3.05, 3.63) is 35.4 Å². The van der Waals surface area contributed by atoms with Gasteiger partial charge in [-0.05, 0) is 19.8 Å². The van der Waals surface area contributed by atoms with Gasteiger partial charge in [0, 0.05) is 25.8 Å². The van der Waals surface area contributed by atoms with Crippen molar-refractivity contribution in [3.63, 3.8) is 0 Å². The van der Waals surface area contributed by atoms with E-state index in [0.717, 1.165) is 23.3 Å². The van der Waals surface area contributed by atoms with Crippen molar-refractivity contribution in [2.24, 2.45) is 0 Å². The molecule has 0 heterocycles. The summed E-state index contributed by atoms with van der Waals surface area (Å²) in [5.41, 5.74) is 2.22. The van der Waals surface area contributed by atoms with E-state index in [-0.39, 0.29) is 18.2 Å². The van der Waals surface area contributed by atoms with Crippen molar-refractivity contribution >= 4 is 5.91 Å². The number of quaternary nitrogens is 1. The molecule has 0 bridgehead atoms. The molecule has 2 rings (SSSR count). The third-order valence-electron chi connectivity index (χ3n) is 5.13. The molecular formula is C20H33N2O3+. The lowest BCUT2D eigenvalue weighted by Gasteiger charge is -2.30. The molecule has 2 atom stereocenters. The Morgan fingerprint density at radius 3 is 2.32 bits per heavy atom. The first-order valence-corrected chi connectivity index (χ1v) is 9.30. The molecule has 0 saturated heterocycles. The number of ether oxygens (including phenoxy) is 2. The summed E-state index contributed by atoms with van der Waals surface area (Å²) >= 11 is 0. The fourth-order valence-corrected chi connectivity index (χ4v) is 3.59. The van der Waals surface area contributed by atoms with Crippen LogP contribution in [0.5, 0.6) is 0 Å². The molecule has 0 spiro atoms. The second-order valence-electron chi connectivity index (χ2n) is 7.14. The topological polar surface area (TPSA) is 52.0 Å². The summed E-state index contributed by atoms with van der Waals surface area (Å²) in [5, 5.41) is 3.28. The van der Waals surface area contributed by atoms with Crippen LogP contribution in [-0.4, -0.2) is 46.1 Å². The lowest BCUT2D eigenvalue weighted by atomic mass is 9.94. The Balaban J connectivity index is 2.15. The average molecular weight is 349 g/mol. The van der Waals surface area contributed by atoms with Crippen LogP contribution in [0, 0.1) is 6.92 Å². The molecule has 1 aliphatic rings. The SMILES string of the molecule is COC(C[NH+](C)C(C(=O)NC1CCCCC1)c1ccc(C)cc1)OC. The summed E-state index contributed by atoms with van der Waals surface area (Å²) in [6, 6.07) is 8.27. The Kier molecular flexibility index (Phi) is 7.88. The molecule has 0 aromatic heterocycles. The van der Waals surface area contributed by atoms with Gasteiger partial charge in [0.05, 0.1) is 7.05 Å². The van der Waals surface area contributed by atoms with Gasteiger partial charge in [-0.2, -0.15) is 0 Å². The molecule has 5 heteroatoms. The van der Waals surface area contributed by atoms with E-state index in [1.54, 1.807) is 14.2 Å². The van der Waals surface area contributed by atoms with Gasteiger partial charge >= 0.3 is 0 Å². The molecule has 0 radical (unpaired) electrons. The van der Waals surface area contributed by atoms with Gasteiger partial charge in [-0.25, -0.2) is 0 Å². The maximum atomic E-state index is 13.1. The highest BCUT2D eigenvalue weighted by molar-refractivity contribution is 5.82. The molecule has 1 saturated carbocycles. The summed E-state index contributed by atoms with van der Waals surface area (Å²) in [6.45, 7) is 2.66. The number of aryl methyl sites for hydroxylation is 1. The number of benzene rings is 1. The van der Waals surface area contributed by atoms with Crippen LogP contribution < -0.4 is 10.2 Å². The quantitative estimate of drug-likeness (QED) is 0.701. The molecular weight excluding hydrogens is 316 g/mol. The van der Waals surface area contributed by atoms with E-state index in [4.69, 9.17) is 9.47 Å². The number of nitrogens with one attached hydrogen (secondary N) is 2. The molecule has 25 heavy (non-hydrogen) atoms. The predicted octanol–water partition coefficient (Wildman–Crippen LogP) is 1.62. The third-order valence-corrected chi connectivity index (χ3v) is 5.13. The molecule has 0 aliphatic heterocycles. The van der Waals surface area contributed by atoms with Gasteiger partial charge in [-0.15, -0.1) is 0 Å². The highest BCUT2D eigenvalue weighted by Gasteiger charge is 2.32. The maximum absolute atomic E-state index is 13.1. The number of amides is 1. The molecule has 2 N–H and O–H groups in total. The van der Waals surface area contributed by atoms with Crippen LogP contribution >= 0.6 is 0 Å². The zero-order valence-corrected chi connectivity index (χ0v) is 16.0. The molecule has 1 amide bonds. The molecule has 1 aliphatic carbocycles. The van der Waals surface area contributed by atoms with Crippen LogP contribution in [-0.2, 0) is 14.3 Å². The van der Waals surface area contributed by atoms with Gasteiger partial charge in [0.15, 0.2) is 6.04 Å². The van der Waals surface area contributed by atoms with E-state index in [0.29, 0.717) is 12.6 Å². The summed E-state index contributed by atoms with van der Waals surface area (Å²) in [5.74, 6) is 0.0965. The number of rotatable bonds is 8. The molecule has 1 fully saturated rings. The Morgan fingerprint density at radius 2 is 1.76 bits per heavy atom. The maximum Gasteiger partial charge on any atom is 0.283 e. The van der Waals surface area contributed by atoms with E-state index in [2.05, 4.69) is 36.5 Å². The minimum absolute atomic E-state index is 0.0965. The number of carbonyl (C=O) groups is 1. The summed E-state index contributed by atoms with van der Waals surface area (Å²) < 4.78 is 10.7. The van der Waals surface area contributed by atoms with E-state index >= 15 is 0 Å². The smallest absolute Gasteiger partial charge is 0.283 e. The van der Waals surface area contributed by atoms with Crippen LogP contribution in [0.1, 0.15) is 49.3 Å². The van der Waals surface area contributed by atoms with Crippen molar-refractivity contribution in [2.45, 2.75) is 57.4 Å².